The van der Waals surface area contributed by atoms with Gasteiger partial charge in [-0.1, -0.05) is 11.6 Å². The summed E-state index contributed by atoms with van der Waals surface area (Å²) in [4.78, 5) is 48.3. The molecule has 1 saturated carbocycles. The van der Waals surface area contributed by atoms with E-state index in [0.29, 0.717) is 0 Å². The number of ether oxygens (including phenoxy) is 2. The number of allylic oxidation sites excluding steroid dienone is 2. The molecule has 2 aromatic rings. The van der Waals surface area contributed by atoms with Crippen LogP contribution >= 0.6 is 23.2 Å². The number of rotatable bonds is 4. The summed E-state index contributed by atoms with van der Waals surface area (Å²) in [6.07, 6.45) is 0.489. The second-order valence-corrected chi connectivity index (χ2v) is 12.2. The van der Waals surface area contributed by atoms with Crippen LogP contribution in [-0.2, 0) is 19.2 Å². The quantitative estimate of drug-likeness (QED) is 0.0943. The van der Waals surface area contributed by atoms with Crippen molar-refractivity contribution in [3.63, 3.8) is 0 Å². The molecule has 2 saturated heterocycles. The van der Waals surface area contributed by atoms with Gasteiger partial charge >= 0.3 is 0 Å². The largest absolute Gasteiger partial charge is 0.508 e. The normalized spacial score (nSPS) is 30.8. The third kappa shape index (κ3) is 3.71. The van der Waals surface area contributed by atoms with E-state index in [1.165, 1.54) is 6.08 Å². The summed E-state index contributed by atoms with van der Waals surface area (Å²) < 4.78 is 83.6. The van der Waals surface area contributed by atoms with Gasteiger partial charge in [0, 0.05) is 23.6 Å². The Morgan fingerprint density at radius 3 is 1.91 bits per heavy atom. The molecular weight excluding hydrogens is 658 g/mol. The standard InChI is InChI=1S/C28H19Cl2F5N2O8/c1-44-12-5-8(38)6-13(45-2)15(12)16-9-3-4-10-14(24(40)37(43)23(10)39)11(9)7-27(29)25(41)36(26(42)28(16,27)30)22-20(34)18(32)17(31)19(33)21(22)35/h3,5-6,10-11,14,16,38,43H,4,7H2,1-2H3. The SMILES string of the molecule is COc1cc(O)cc(OC)c1C1C2=CCC3C(=O)N(O)C(=O)C3C2CC2(Cl)C(=O)N(c3c(F)c(F)c(F)c(F)c3F)C(=O)C12Cl. The molecule has 2 aliphatic heterocycles. The Morgan fingerprint density at radius 2 is 1.38 bits per heavy atom. The monoisotopic (exact) mass is 676 g/mol. The molecule has 238 valence electrons. The predicted octanol–water partition coefficient (Wildman–Crippen LogP) is 4.06. The van der Waals surface area contributed by atoms with E-state index in [9.17, 15) is 42.7 Å². The molecule has 2 N–H and O–H groups in total. The highest BCUT2D eigenvalue weighted by atomic mass is 35.5. The van der Waals surface area contributed by atoms with Gasteiger partial charge in [0.05, 0.1) is 26.1 Å². The van der Waals surface area contributed by atoms with Gasteiger partial charge in [-0.05, 0) is 18.8 Å². The van der Waals surface area contributed by atoms with Gasteiger partial charge in [-0.2, -0.15) is 5.06 Å². The first kappa shape index (κ1) is 31.0. The fraction of sp³-hybridized carbons (Fsp3) is 0.357. The van der Waals surface area contributed by atoms with Gasteiger partial charge in [0.2, 0.25) is 5.82 Å². The summed E-state index contributed by atoms with van der Waals surface area (Å²) >= 11 is 14.0. The lowest BCUT2D eigenvalue weighted by atomic mass is 9.56. The van der Waals surface area contributed by atoms with E-state index in [1.54, 1.807) is 0 Å². The van der Waals surface area contributed by atoms with Crippen LogP contribution < -0.4 is 14.4 Å². The zero-order chi connectivity index (χ0) is 33.1. The molecule has 6 rings (SSSR count). The number of nitrogens with zero attached hydrogens (tertiary/aromatic N) is 2. The van der Waals surface area contributed by atoms with Crippen LogP contribution in [0.5, 0.6) is 17.2 Å². The fourth-order valence-corrected chi connectivity index (χ4v) is 8.00. The molecule has 17 heteroatoms. The van der Waals surface area contributed by atoms with E-state index in [4.69, 9.17) is 32.7 Å². The number of anilines is 1. The van der Waals surface area contributed by atoms with Crippen LogP contribution in [0.3, 0.4) is 0 Å². The van der Waals surface area contributed by atoms with Crippen LogP contribution in [0.1, 0.15) is 24.3 Å². The third-order valence-electron chi connectivity index (χ3n) is 9.02. The molecule has 45 heavy (non-hydrogen) atoms. The highest BCUT2D eigenvalue weighted by Gasteiger charge is 2.77. The van der Waals surface area contributed by atoms with Gasteiger partial charge in [0.1, 0.15) is 22.9 Å². The second kappa shape index (κ2) is 10.0. The lowest BCUT2D eigenvalue weighted by Crippen LogP contribution is -2.60. The Labute approximate surface area is 259 Å². The number of phenols is 1. The van der Waals surface area contributed by atoms with Crippen molar-refractivity contribution in [2.75, 3.05) is 19.1 Å². The van der Waals surface area contributed by atoms with E-state index in [2.05, 4.69) is 0 Å². The summed E-state index contributed by atoms with van der Waals surface area (Å²) in [7, 11) is 2.31. The first-order chi connectivity index (χ1) is 21.1. The van der Waals surface area contributed by atoms with Crippen molar-refractivity contribution in [2.24, 2.45) is 17.8 Å². The maximum absolute atomic E-state index is 15.1. The minimum absolute atomic E-state index is 0.0882. The number of imide groups is 2. The number of phenolic OH excluding ortho intramolecular Hbond substituents is 1. The lowest BCUT2D eigenvalue weighted by molar-refractivity contribution is -0.173. The Balaban J connectivity index is 1.67. The molecule has 10 nitrogen and oxygen atoms in total. The number of hydroxylamine groups is 2. The highest BCUT2D eigenvalue weighted by Crippen LogP contribution is 2.67. The molecule has 4 amide bonds. The summed E-state index contributed by atoms with van der Waals surface area (Å²) in [5.74, 6) is -24.2. The van der Waals surface area contributed by atoms with Crippen molar-refractivity contribution >= 4 is 52.5 Å². The second-order valence-electron chi connectivity index (χ2n) is 10.9. The summed E-state index contributed by atoms with van der Waals surface area (Å²) in [6, 6.07) is 2.15. The number of methoxy groups -OCH3 is 2. The molecule has 0 spiro atoms. The number of halogens is 7. The molecule has 4 aliphatic rings. The smallest absolute Gasteiger partial charge is 0.258 e. The minimum atomic E-state index is -2.83. The zero-order valence-corrected chi connectivity index (χ0v) is 24.4. The van der Waals surface area contributed by atoms with E-state index in [0.717, 1.165) is 26.4 Å². The van der Waals surface area contributed by atoms with Crippen LogP contribution in [0.15, 0.2) is 23.8 Å². The van der Waals surface area contributed by atoms with Crippen LogP contribution in [0, 0.1) is 46.8 Å². The number of amides is 4. The van der Waals surface area contributed by atoms with Crippen molar-refractivity contribution in [3.8, 4) is 17.2 Å². The third-order valence-corrected chi connectivity index (χ3v) is 10.4. The van der Waals surface area contributed by atoms with E-state index < -0.39 is 104 Å². The molecule has 2 aliphatic carbocycles. The predicted molar refractivity (Wildman–Crippen MR) is 141 cm³/mol. The fourth-order valence-electron chi connectivity index (χ4n) is 7.08. The van der Waals surface area contributed by atoms with Gasteiger partial charge in [0.25, 0.3) is 23.6 Å². The number of hydrogen-bond donors (Lipinski definition) is 2. The molecule has 0 radical (unpaired) electrons. The summed E-state index contributed by atoms with van der Waals surface area (Å²) in [5, 5.41) is 20.4. The van der Waals surface area contributed by atoms with Crippen LogP contribution in [0.2, 0.25) is 0 Å². The zero-order valence-electron chi connectivity index (χ0n) is 22.8. The van der Waals surface area contributed by atoms with Crippen molar-refractivity contribution in [1.29, 1.82) is 0 Å². The van der Waals surface area contributed by atoms with Crippen molar-refractivity contribution in [2.45, 2.75) is 28.5 Å². The Morgan fingerprint density at radius 1 is 0.844 bits per heavy atom. The van der Waals surface area contributed by atoms with E-state index in [-0.39, 0.29) is 39.0 Å². The van der Waals surface area contributed by atoms with Crippen molar-refractivity contribution < 1.29 is 60.9 Å². The summed E-state index contributed by atoms with van der Waals surface area (Å²) in [5.41, 5.74) is -1.98. The molecule has 6 unspecified atom stereocenters. The molecule has 2 heterocycles. The maximum Gasteiger partial charge on any atom is 0.258 e. The van der Waals surface area contributed by atoms with Crippen LogP contribution in [0.4, 0.5) is 27.6 Å². The topological polar surface area (TPSA) is 134 Å². The van der Waals surface area contributed by atoms with Crippen molar-refractivity contribution in [1.82, 2.24) is 5.06 Å². The average Bonchev–Trinajstić information content (AvgIpc) is 3.32. The number of fused-ring (bicyclic) bond motifs is 4. The maximum atomic E-state index is 15.1. The molecule has 2 aromatic carbocycles. The van der Waals surface area contributed by atoms with Gasteiger partial charge in [-0.3, -0.25) is 24.4 Å². The molecule has 0 aromatic heterocycles. The summed E-state index contributed by atoms with van der Waals surface area (Å²) in [6.45, 7) is 0. The molecule has 0 bridgehead atoms. The number of benzene rings is 2. The number of hydrogen-bond acceptors (Lipinski definition) is 8. The first-order valence-electron chi connectivity index (χ1n) is 13.1. The Bertz CT molecular complexity index is 1740. The Hall–Kier alpha value is -3.95. The van der Waals surface area contributed by atoms with Crippen LogP contribution in [0.25, 0.3) is 0 Å². The minimum Gasteiger partial charge on any atom is -0.508 e. The molecule has 3 fully saturated rings. The number of aromatic hydroxyl groups is 1. The average molecular weight is 677 g/mol. The molecule has 6 atom stereocenters. The number of carbonyl (C=O) groups excluding carboxylic acids is 4. The van der Waals surface area contributed by atoms with E-state index in [1.807, 2.05) is 0 Å². The van der Waals surface area contributed by atoms with Crippen LogP contribution in [-0.4, -0.2) is 63.0 Å². The lowest BCUT2D eigenvalue weighted by Gasteiger charge is -2.51. The number of carbonyl (C=O) groups is 4. The van der Waals surface area contributed by atoms with Gasteiger partial charge < -0.3 is 14.6 Å². The highest BCUT2D eigenvalue weighted by molar-refractivity contribution is 6.58. The first-order valence-corrected chi connectivity index (χ1v) is 13.8. The van der Waals surface area contributed by atoms with Gasteiger partial charge in [-0.15, -0.1) is 23.2 Å². The molecular formula is C28H19Cl2F5N2O8. The van der Waals surface area contributed by atoms with Gasteiger partial charge in [0.15, 0.2) is 33.0 Å². The van der Waals surface area contributed by atoms with E-state index >= 15 is 8.78 Å². The Kier molecular flexibility index (Phi) is 6.92. The van der Waals surface area contributed by atoms with Crippen molar-refractivity contribution in [3.05, 3.63) is 58.4 Å². The van der Waals surface area contributed by atoms with Gasteiger partial charge in [-0.25, -0.2) is 26.9 Å². The number of alkyl halides is 2.